The molecular formula is C14H22N2OS. The van der Waals surface area contributed by atoms with E-state index >= 15 is 0 Å². The summed E-state index contributed by atoms with van der Waals surface area (Å²) in [5.41, 5.74) is 1.23. The molecule has 2 aliphatic rings. The van der Waals surface area contributed by atoms with E-state index in [1.165, 1.54) is 30.1 Å². The maximum absolute atomic E-state index is 6.00. The SMILES string of the molecule is CC(C)Cc1csc(C2CN3CCCC3CO2)n1. The minimum Gasteiger partial charge on any atom is -0.368 e. The molecule has 3 rings (SSSR count). The Morgan fingerprint density at radius 2 is 2.44 bits per heavy atom. The van der Waals surface area contributed by atoms with Crippen molar-refractivity contribution in [2.75, 3.05) is 19.7 Å². The van der Waals surface area contributed by atoms with Gasteiger partial charge in [-0.15, -0.1) is 11.3 Å². The Labute approximate surface area is 113 Å². The number of morpholine rings is 1. The second-order valence-electron chi connectivity index (χ2n) is 5.89. The first-order chi connectivity index (χ1) is 8.72. The summed E-state index contributed by atoms with van der Waals surface area (Å²) in [5.74, 6) is 0.676. The number of fused-ring (bicyclic) bond motifs is 1. The van der Waals surface area contributed by atoms with Crippen LogP contribution in [0.2, 0.25) is 0 Å². The number of thiazole rings is 1. The molecule has 4 heteroatoms. The molecule has 0 spiro atoms. The van der Waals surface area contributed by atoms with E-state index < -0.39 is 0 Å². The molecule has 0 amide bonds. The molecule has 0 radical (unpaired) electrons. The molecule has 0 saturated carbocycles. The minimum absolute atomic E-state index is 0.213. The largest absolute Gasteiger partial charge is 0.368 e. The molecule has 2 saturated heterocycles. The lowest BCUT2D eigenvalue weighted by Gasteiger charge is -2.34. The van der Waals surface area contributed by atoms with E-state index in [1.807, 2.05) is 0 Å². The highest BCUT2D eigenvalue weighted by Crippen LogP contribution is 2.31. The molecule has 0 N–H and O–H groups in total. The van der Waals surface area contributed by atoms with E-state index in [4.69, 9.17) is 9.72 Å². The molecule has 2 unspecified atom stereocenters. The third-order valence-electron chi connectivity index (χ3n) is 3.85. The number of aromatic nitrogens is 1. The Morgan fingerprint density at radius 3 is 3.28 bits per heavy atom. The molecule has 18 heavy (non-hydrogen) atoms. The average molecular weight is 266 g/mol. The summed E-state index contributed by atoms with van der Waals surface area (Å²) >= 11 is 1.77. The van der Waals surface area contributed by atoms with Crippen LogP contribution in [0.4, 0.5) is 0 Å². The van der Waals surface area contributed by atoms with Gasteiger partial charge in [0.15, 0.2) is 0 Å². The Kier molecular flexibility index (Phi) is 3.68. The average Bonchev–Trinajstić information content (AvgIpc) is 2.95. The van der Waals surface area contributed by atoms with Gasteiger partial charge in [-0.05, 0) is 31.7 Å². The number of hydrogen-bond acceptors (Lipinski definition) is 4. The van der Waals surface area contributed by atoms with Gasteiger partial charge in [0.1, 0.15) is 11.1 Å². The molecule has 2 fully saturated rings. The Morgan fingerprint density at radius 1 is 1.56 bits per heavy atom. The van der Waals surface area contributed by atoms with E-state index in [0.29, 0.717) is 12.0 Å². The zero-order chi connectivity index (χ0) is 12.5. The summed E-state index contributed by atoms with van der Waals surface area (Å²) < 4.78 is 6.00. The normalized spacial score (nSPS) is 28.8. The maximum Gasteiger partial charge on any atom is 0.123 e. The number of rotatable bonds is 3. The maximum atomic E-state index is 6.00. The summed E-state index contributed by atoms with van der Waals surface area (Å²) in [5, 5.41) is 3.38. The standard InChI is InChI=1S/C14H22N2OS/c1-10(2)6-11-9-18-14(15-11)13-7-16-5-3-4-12(16)8-17-13/h9-10,12-13H,3-8H2,1-2H3. The van der Waals surface area contributed by atoms with Gasteiger partial charge in [0.2, 0.25) is 0 Å². The highest BCUT2D eigenvalue weighted by atomic mass is 32.1. The van der Waals surface area contributed by atoms with Gasteiger partial charge >= 0.3 is 0 Å². The molecule has 0 aromatic carbocycles. The molecule has 3 nitrogen and oxygen atoms in total. The molecule has 2 atom stereocenters. The summed E-state index contributed by atoms with van der Waals surface area (Å²) in [4.78, 5) is 7.34. The topological polar surface area (TPSA) is 25.4 Å². The fourth-order valence-corrected chi connectivity index (χ4v) is 3.82. The molecule has 0 aliphatic carbocycles. The van der Waals surface area contributed by atoms with Gasteiger partial charge in [-0.3, -0.25) is 4.90 Å². The van der Waals surface area contributed by atoms with Gasteiger partial charge in [0.25, 0.3) is 0 Å². The van der Waals surface area contributed by atoms with E-state index in [-0.39, 0.29) is 6.10 Å². The molecule has 1 aromatic heterocycles. The Balaban J connectivity index is 1.65. The van der Waals surface area contributed by atoms with Crippen LogP contribution >= 0.6 is 11.3 Å². The van der Waals surface area contributed by atoms with Gasteiger partial charge in [-0.2, -0.15) is 0 Å². The molecule has 0 bridgehead atoms. The van der Waals surface area contributed by atoms with Crippen molar-refractivity contribution < 1.29 is 4.74 Å². The zero-order valence-electron chi connectivity index (χ0n) is 11.3. The van der Waals surface area contributed by atoms with E-state index in [1.54, 1.807) is 11.3 Å². The highest BCUT2D eigenvalue weighted by molar-refractivity contribution is 7.09. The number of hydrogen-bond donors (Lipinski definition) is 0. The van der Waals surface area contributed by atoms with Crippen LogP contribution in [0.1, 0.15) is 43.5 Å². The monoisotopic (exact) mass is 266 g/mol. The van der Waals surface area contributed by atoms with Gasteiger partial charge in [-0.25, -0.2) is 4.98 Å². The lowest BCUT2D eigenvalue weighted by molar-refractivity contribution is -0.0502. The van der Waals surface area contributed by atoms with Crippen LogP contribution in [-0.2, 0) is 11.2 Å². The van der Waals surface area contributed by atoms with Crippen LogP contribution in [0.15, 0.2) is 5.38 Å². The first kappa shape index (κ1) is 12.6. The zero-order valence-corrected chi connectivity index (χ0v) is 12.1. The third kappa shape index (κ3) is 2.60. The van der Waals surface area contributed by atoms with Crippen molar-refractivity contribution in [3.05, 3.63) is 16.1 Å². The number of nitrogens with zero attached hydrogens (tertiary/aromatic N) is 2. The summed E-state index contributed by atoms with van der Waals surface area (Å²) in [6, 6.07) is 0.677. The van der Waals surface area contributed by atoms with Crippen LogP contribution in [0.3, 0.4) is 0 Å². The van der Waals surface area contributed by atoms with Gasteiger partial charge in [0, 0.05) is 18.0 Å². The van der Waals surface area contributed by atoms with Crippen LogP contribution in [-0.4, -0.2) is 35.6 Å². The van der Waals surface area contributed by atoms with Crippen molar-refractivity contribution >= 4 is 11.3 Å². The quantitative estimate of drug-likeness (QED) is 0.841. The van der Waals surface area contributed by atoms with Crippen molar-refractivity contribution in [2.24, 2.45) is 5.92 Å². The second kappa shape index (κ2) is 5.27. The highest BCUT2D eigenvalue weighted by Gasteiger charge is 2.33. The smallest absolute Gasteiger partial charge is 0.123 e. The Bertz CT molecular complexity index is 404. The van der Waals surface area contributed by atoms with Crippen LogP contribution < -0.4 is 0 Å². The summed E-state index contributed by atoms with van der Waals surface area (Å²) in [6.07, 6.45) is 3.93. The Hall–Kier alpha value is -0.450. The van der Waals surface area contributed by atoms with Gasteiger partial charge in [-0.1, -0.05) is 13.8 Å². The predicted octanol–water partition coefficient (Wildman–Crippen LogP) is 2.88. The number of ether oxygens (including phenoxy) is 1. The van der Waals surface area contributed by atoms with E-state index in [2.05, 4.69) is 24.1 Å². The van der Waals surface area contributed by atoms with Gasteiger partial charge in [0.05, 0.1) is 12.3 Å². The van der Waals surface area contributed by atoms with Crippen molar-refractivity contribution in [3.8, 4) is 0 Å². The third-order valence-corrected chi connectivity index (χ3v) is 4.84. The first-order valence-corrected chi connectivity index (χ1v) is 7.90. The van der Waals surface area contributed by atoms with Crippen LogP contribution in [0.5, 0.6) is 0 Å². The van der Waals surface area contributed by atoms with Crippen molar-refractivity contribution in [1.82, 2.24) is 9.88 Å². The summed E-state index contributed by atoms with van der Waals surface area (Å²) in [7, 11) is 0. The molecule has 1 aromatic rings. The minimum atomic E-state index is 0.213. The molecular weight excluding hydrogens is 244 g/mol. The van der Waals surface area contributed by atoms with Crippen LogP contribution in [0.25, 0.3) is 0 Å². The van der Waals surface area contributed by atoms with Crippen molar-refractivity contribution in [1.29, 1.82) is 0 Å². The van der Waals surface area contributed by atoms with Crippen molar-refractivity contribution in [2.45, 2.75) is 45.3 Å². The lowest BCUT2D eigenvalue weighted by Crippen LogP contribution is -2.42. The fraction of sp³-hybridized carbons (Fsp3) is 0.786. The predicted molar refractivity (Wildman–Crippen MR) is 73.9 cm³/mol. The van der Waals surface area contributed by atoms with Crippen LogP contribution in [0, 0.1) is 5.92 Å². The molecule has 100 valence electrons. The molecule has 3 heterocycles. The fourth-order valence-electron chi connectivity index (χ4n) is 2.95. The lowest BCUT2D eigenvalue weighted by atomic mass is 10.1. The second-order valence-corrected chi connectivity index (χ2v) is 6.78. The van der Waals surface area contributed by atoms with Crippen molar-refractivity contribution in [3.63, 3.8) is 0 Å². The summed E-state index contributed by atoms with van der Waals surface area (Å²) in [6.45, 7) is 7.66. The van der Waals surface area contributed by atoms with E-state index in [9.17, 15) is 0 Å². The van der Waals surface area contributed by atoms with Gasteiger partial charge < -0.3 is 4.74 Å². The molecule has 2 aliphatic heterocycles. The first-order valence-electron chi connectivity index (χ1n) is 7.02. The van der Waals surface area contributed by atoms with E-state index in [0.717, 1.165) is 19.6 Å².